The van der Waals surface area contributed by atoms with Crippen LogP contribution in [0.15, 0.2) is 24.3 Å². The molecule has 0 saturated heterocycles. The van der Waals surface area contributed by atoms with E-state index in [1.54, 1.807) is 18.2 Å². The minimum atomic E-state index is -0.911. The van der Waals surface area contributed by atoms with Gasteiger partial charge < -0.3 is 4.74 Å². The van der Waals surface area contributed by atoms with Gasteiger partial charge in [0.05, 0.1) is 0 Å². The molecular formula is C8H12N4O2. The summed E-state index contributed by atoms with van der Waals surface area (Å²) in [5.41, 5.74) is 12.8. The number of benzene rings is 1. The molecular weight excluding hydrogens is 184 g/mol. The monoisotopic (exact) mass is 196 g/mol. The minimum Gasteiger partial charge on any atom is -0.463 e. The third-order valence-corrected chi connectivity index (χ3v) is 1.50. The predicted octanol–water partition coefficient (Wildman–Crippen LogP) is -1.13. The highest BCUT2D eigenvalue weighted by Crippen LogP contribution is 2.12. The Morgan fingerprint density at radius 2 is 2.14 bits per heavy atom. The van der Waals surface area contributed by atoms with Gasteiger partial charge in [-0.3, -0.25) is 21.7 Å². The molecule has 14 heavy (non-hydrogen) atoms. The molecule has 0 bridgehead atoms. The van der Waals surface area contributed by atoms with Crippen LogP contribution in [0.3, 0.4) is 0 Å². The lowest BCUT2D eigenvalue weighted by atomic mass is 10.2. The van der Waals surface area contributed by atoms with Gasteiger partial charge in [-0.1, -0.05) is 6.07 Å². The Morgan fingerprint density at radius 3 is 2.71 bits per heavy atom. The highest BCUT2D eigenvalue weighted by Gasteiger charge is 2.05. The summed E-state index contributed by atoms with van der Waals surface area (Å²) >= 11 is 0. The van der Waals surface area contributed by atoms with Crippen molar-refractivity contribution in [1.29, 1.82) is 0 Å². The SMILES string of the molecule is NNC(=O)c1cccc(OC(N)N)c1. The summed E-state index contributed by atoms with van der Waals surface area (Å²) in [6.07, 6.45) is -0.911. The zero-order chi connectivity index (χ0) is 10.6. The molecule has 7 N–H and O–H groups in total. The number of nitrogens with two attached hydrogens (primary N) is 3. The zero-order valence-electron chi connectivity index (χ0n) is 7.44. The van der Waals surface area contributed by atoms with Gasteiger partial charge in [0, 0.05) is 5.56 Å². The van der Waals surface area contributed by atoms with E-state index in [-0.39, 0.29) is 0 Å². The summed E-state index contributed by atoms with van der Waals surface area (Å²) in [5, 5.41) is 0. The topological polar surface area (TPSA) is 116 Å². The number of hydrazine groups is 1. The Hall–Kier alpha value is -1.63. The van der Waals surface area contributed by atoms with Gasteiger partial charge in [0.1, 0.15) is 5.75 Å². The summed E-state index contributed by atoms with van der Waals surface area (Å²) in [6, 6.07) is 6.37. The van der Waals surface area contributed by atoms with E-state index in [2.05, 4.69) is 0 Å². The third kappa shape index (κ3) is 2.70. The second-order valence-electron chi connectivity index (χ2n) is 2.58. The van der Waals surface area contributed by atoms with Crippen molar-refractivity contribution in [1.82, 2.24) is 5.43 Å². The van der Waals surface area contributed by atoms with Crippen molar-refractivity contribution in [3.63, 3.8) is 0 Å². The van der Waals surface area contributed by atoms with Gasteiger partial charge in [-0.25, -0.2) is 5.84 Å². The average molecular weight is 196 g/mol. The van der Waals surface area contributed by atoms with E-state index in [0.29, 0.717) is 11.3 Å². The van der Waals surface area contributed by atoms with Gasteiger partial charge >= 0.3 is 0 Å². The molecule has 1 amide bonds. The Bertz CT molecular complexity index is 327. The lowest BCUT2D eigenvalue weighted by Gasteiger charge is -2.09. The molecule has 0 heterocycles. The fourth-order valence-corrected chi connectivity index (χ4v) is 0.951. The summed E-state index contributed by atoms with van der Waals surface area (Å²) in [7, 11) is 0. The van der Waals surface area contributed by atoms with E-state index in [1.165, 1.54) is 6.07 Å². The van der Waals surface area contributed by atoms with Crippen molar-refractivity contribution in [2.45, 2.75) is 6.35 Å². The third-order valence-electron chi connectivity index (χ3n) is 1.50. The molecule has 0 aliphatic heterocycles. The first-order valence-corrected chi connectivity index (χ1v) is 3.92. The van der Waals surface area contributed by atoms with Crippen molar-refractivity contribution in [2.24, 2.45) is 17.3 Å². The maximum atomic E-state index is 11.1. The van der Waals surface area contributed by atoms with E-state index in [0.717, 1.165) is 0 Å². The number of hydrogen-bond acceptors (Lipinski definition) is 5. The molecule has 0 atom stereocenters. The number of carbonyl (C=O) groups excluding carboxylic acids is 1. The molecule has 0 radical (unpaired) electrons. The first kappa shape index (κ1) is 10.5. The minimum absolute atomic E-state index is 0.380. The molecule has 0 aliphatic carbocycles. The van der Waals surface area contributed by atoms with E-state index in [9.17, 15) is 4.79 Å². The molecule has 0 spiro atoms. The number of nitrogens with one attached hydrogen (secondary N) is 1. The number of amides is 1. The van der Waals surface area contributed by atoms with E-state index in [4.69, 9.17) is 22.0 Å². The fourth-order valence-electron chi connectivity index (χ4n) is 0.951. The van der Waals surface area contributed by atoms with E-state index >= 15 is 0 Å². The summed E-state index contributed by atoms with van der Waals surface area (Å²) in [4.78, 5) is 11.1. The highest BCUT2D eigenvalue weighted by molar-refractivity contribution is 5.94. The van der Waals surface area contributed by atoms with Crippen LogP contribution in [0.1, 0.15) is 10.4 Å². The molecule has 0 fully saturated rings. The van der Waals surface area contributed by atoms with Crippen LogP contribution in [0.2, 0.25) is 0 Å². The second kappa shape index (κ2) is 4.56. The van der Waals surface area contributed by atoms with Gasteiger partial charge in [0.15, 0.2) is 0 Å². The molecule has 1 aromatic carbocycles. The number of ether oxygens (including phenoxy) is 1. The van der Waals surface area contributed by atoms with Crippen LogP contribution in [-0.2, 0) is 0 Å². The molecule has 0 aromatic heterocycles. The van der Waals surface area contributed by atoms with E-state index < -0.39 is 12.3 Å². The molecule has 76 valence electrons. The molecule has 0 unspecified atom stereocenters. The van der Waals surface area contributed by atoms with Crippen molar-refractivity contribution in [3.05, 3.63) is 29.8 Å². The maximum absolute atomic E-state index is 11.1. The molecule has 6 nitrogen and oxygen atoms in total. The lowest BCUT2D eigenvalue weighted by Crippen LogP contribution is -2.36. The van der Waals surface area contributed by atoms with Gasteiger partial charge in [-0.2, -0.15) is 0 Å². The molecule has 1 rings (SSSR count). The Balaban J connectivity index is 2.84. The van der Waals surface area contributed by atoms with Crippen molar-refractivity contribution in [3.8, 4) is 5.75 Å². The molecule has 0 aliphatic rings. The van der Waals surface area contributed by atoms with Crippen molar-refractivity contribution >= 4 is 5.91 Å². The fraction of sp³-hybridized carbons (Fsp3) is 0.125. The quantitative estimate of drug-likeness (QED) is 0.211. The smallest absolute Gasteiger partial charge is 0.265 e. The normalized spacial score (nSPS) is 10.0. The van der Waals surface area contributed by atoms with Crippen molar-refractivity contribution < 1.29 is 9.53 Å². The largest absolute Gasteiger partial charge is 0.463 e. The lowest BCUT2D eigenvalue weighted by molar-refractivity contribution is 0.0952. The number of rotatable bonds is 3. The first-order valence-electron chi connectivity index (χ1n) is 3.92. The zero-order valence-corrected chi connectivity index (χ0v) is 7.44. The van der Waals surface area contributed by atoms with Crippen LogP contribution in [-0.4, -0.2) is 12.3 Å². The second-order valence-corrected chi connectivity index (χ2v) is 2.58. The molecule has 6 heteroatoms. The van der Waals surface area contributed by atoms with Crippen LogP contribution in [0, 0.1) is 0 Å². The van der Waals surface area contributed by atoms with Crippen LogP contribution in [0.5, 0.6) is 5.75 Å². The van der Waals surface area contributed by atoms with Crippen LogP contribution in [0.4, 0.5) is 0 Å². The molecule has 1 aromatic rings. The summed E-state index contributed by atoms with van der Waals surface area (Å²) in [6.45, 7) is 0. The number of carbonyl (C=O) groups is 1. The Kier molecular flexibility index (Phi) is 3.41. The number of nitrogen functional groups attached to an aromatic ring is 1. The summed E-state index contributed by atoms with van der Waals surface area (Å²) in [5.74, 6) is 4.98. The van der Waals surface area contributed by atoms with Crippen LogP contribution in [0.25, 0.3) is 0 Å². The van der Waals surface area contributed by atoms with Gasteiger partial charge in [-0.15, -0.1) is 0 Å². The Morgan fingerprint density at radius 1 is 1.43 bits per heavy atom. The predicted molar refractivity (Wildman–Crippen MR) is 50.9 cm³/mol. The summed E-state index contributed by atoms with van der Waals surface area (Å²) < 4.78 is 4.98. The molecule has 0 saturated carbocycles. The van der Waals surface area contributed by atoms with Crippen LogP contribution >= 0.6 is 0 Å². The van der Waals surface area contributed by atoms with Gasteiger partial charge in [-0.05, 0) is 18.2 Å². The average Bonchev–Trinajstić information content (AvgIpc) is 2.16. The first-order chi connectivity index (χ1) is 6.63. The van der Waals surface area contributed by atoms with Crippen LogP contribution < -0.4 is 27.5 Å². The van der Waals surface area contributed by atoms with Gasteiger partial charge in [0.2, 0.25) is 6.35 Å². The maximum Gasteiger partial charge on any atom is 0.265 e. The van der Waals surface area contributed by atoms with Gasteiger partial charge in [0.25, 0.3) is 5.91 Å². The Labute approximate surface area is 81.0 Å². The number of hydrogen-bond donors (Lipinski definition) is 4. The van der Waals surface area contributed by atoms with E-state index in [1.807, 2.05) is 5.43 Å². The van der Waals surface area contributed by atoms with Crippen molar-refractivity contribution in [2.75, 3.05) is 0 Å². The highest BCUT2D eigenvalue weighted by atomic mass is 16.5. The standard InChI is InChI=1S/C8H12N4O2/c9-8(10)14-6-3-1-2-5(4-6)7(13)12-11/h1-4,8H,9-11H2,(H,12,13).